The lowest BCUT2D eigenvalue weighted by molar-refractivity contribution is -0.144. The summed E-state index contributed by atoms with van der Waals surface area (Å²) in [7, 11) is 0. The topological polar surface area (TPSA) is 77.8 Å². The molecule has 0 spiro atoms. The minimum Gasteiger partial charge on any atom is -0.486 e. The number of ether oxygens (including phenoxy) is 2. The Morgan fingerprint density at radius 3 is 2.60 bits per heavy atom. The minimum absolute atomic E-state index is 0.0748. The zero-order chi connectivity index (χ0) is 18.2. The molecule has 25 heavy (non-hydrogen) atoms. The van der Waals surface area contributed by atoms with Gasteiger partial charge in [0.2, 0.25) is 0 Å². The zero-order valence-corrected chi connectivity index (χ0v) is 15.2. The molecule has 2 aromatic rings. The van der Waals surface area contributed by atoms with Crippen LogP contribution in [0.3, 0.4) is 0 Å². The van der Waals surface area contributed by atoms with E-state index in [4.69, 9.17) is 25.5 Å². The number of amides is 1. The van der Waals surface area contributed by atoms with Crippen molar-refractivity contribution in [1.29, 1.82) is 0 Å². The van der Waals surface area contributed by atoms with Gasteiger partial charge in [-0.05, 0) is 43.3 Å². The van der Waals surface area contributed by atoms with Gasteiger partial charge in [-0.15, -0.1) is 0 Å². The van der Waals surface area contributed by atoms with Gasteiger partial charge in [0.25, 0.3) is 5.91 Å². The molecule has 1 atom stereocenters. The van der Waals surface area contributed by atoms with Crippen LogP contribution in [0, 0.1) is 0 Å². The Morgan fingerprint density at radius 1 is 1.24 bits per heavy atom. The molecule has 134 valence electrons. The van der Waals surface area contributed by atoms with E-state index >= 15 is 0 Å². The first-order chi connectivity index (χ1) is 12.0. The maximum absolute atomic E-state index is 12.1. The van der Waals surface area contributed by atoms with E-state index in [-0.39, 0.29) is 24.7 Å². The Labute approximate surface area is 155 Å². The summed E-state index contributed by atoms with van der Waals surface area (Å²) in [4.78, 5) is 23.8. The second-order valence-corrected chi connectivity index (χ2v) is 5.77. The summed E-state index contributed by atoms with van der Waals surface area (Å²) in [6, 6.07) is 9.19. The molecule has 0 aliphatic carbocycles. The van der Waals surface area contributed by atoms with E-state index in [1.807, 2.05) is 0 Å². The van der Waals surface area contributed by atoms with Crippen molar-refractivity contribution >= 4 is 36.1 Å². The van der Waals surface area contributed by atoms with E-state index in [0.717, 1.165) is 0 Å². The SMILES string of the molecule is CCOC(=O)[C@H](CS)NC(=O)c1ccc(COc2ccc(Cl)cc2)o1. The molecule has 2 rings (SSSR count). The van der Waals surface area contributed by atoms with Gasteiger partial charge in [-0.2, -0.15) is 12.6 Å². The van der Waals surface area contributed by atoms with Gasteiger partial charge < -0.3 is 19.2 Å². The summed E-state index contributed by atoms with van der Waals surface area (Å²) in [5.74, 6) is 0.236. The van der Waals surface area contributed by atoms with E-state index < -0.39 is 17.9 Å². The predicted molar refractivity (Wildman–Crippen MR) is 96.2 cm³/mol. The summed E-state index contributed by atoms with van der Waals surface area (Å²) in [5.41, 5.74) is 0. The lowest BCUT2D eigenvalue weighted by Gasteiger charge is -2.13. The highest BCUT2D eigenvalue weighted by atomic mass is 35.5. The number of hydrogen-bond donors (Lipinski definition) is 2. The zero-order valence-electron chi connectivity index (χ0n) is 13.5. The highest BCUT2D eigenvalue weighted by molar-refractivity contribution is 7.80. The first-order valence-electron chi connectivity index (χ1n) is 7.59. The molecule has 1 aromatic heterocycles. The van der Waals surface area contributed by atoms with E-state index in [0.29, 0.717) is 16.5 Å². The lowest BCUT2D eigenvalue weighted by atomic mass is 10.3. The molecule has 0 fully saturated rings. The third kappa shape index (κ3) is 5.72. The normalized spacial score (nSPS) is 11.6. The predicted octanol–water partition coefficient (Wildman–Crippen LogP) is 3.10. The second kappa shape index (κ2) is 9.39. The fourth-order valence-corrected chi connectivity index (χ4v) is 2.28. The third-order valence-electron chi connectivity index (χ3n) is 3.14. The quantitative estimate of drug-likeness (QED) is 0.541. The van der Waals surface area contributed by atoms with Crippen LogP contribution in [0.25, 0.3) is 0 Å². The van der Waals surface area contributed by atoms with Gasteiger partial charge in [-0.3, -0.25) is 4.79 Å². The summed E-state index contributed by atoms with van der Waals surface area (Å²) < 4.78 is 15.8. The molecule has 0 aliphatic heterocycles. The van der Waals surface area contributed by atoms with Gasteiger partial charge >= 0.3 is 5.97 Å². The number of nitrogens with one attached hydrogen (secondary N) is 1. The molecule has 0 unspecified atom stereocenters. The van der Waals surface area contributed by atoms with Crippen molar-refractivity contribution in [3.8, 4) is 5.75 Å². The number of halogens is 1. The number of benzene rings is 1. The summed E-state index contributed by atoms with van der Waals surface area (Å²) in [6.07, 6.45) is 0. The van der Waals surface area contributed by atoms with Crippen LogP contribution in [-0.4, -0.2) is 30.3 Å². The lowest BCUT2D eigenvalue weighted by Crippen LogP contribution is -2.43. The molecule has 1 aromatic carbocycles. The molecule has 1 N–H and O–H groups in total. The summed E-state index contributed by atoms with van der Waals surface area (Å²) >= 11 is 9.85. The van der Waals surface area contributed by atoms with Crippen LogP contribution in [0.1, 0.15) is 23.2 Å². The van der Waals surface area contributed by atoms with Gasteiger partial charge in [0.15, 0.2) is 5.76 Å². The van der Waals surface area contributed by atoms with Crippen LogP contribution in [0.15, 0.2) is 40.8 Å². The number of rotatable bonds is 8. The van der Waals surface area contributed by atoms with Crippen LogP contribution in [-0.2, 0) is 16.1 Å². The Bertz CT molecular complexity index is 716. The minimum atomic E-state index is -0.838. The Kier molecular flexibility index (Phi) is 7.21. The average Bonchev–Trinajstić information content (AvgIpc) is 3.08. The van der Waals surface area contributed by atoms with Crippen molar-refractivity contribution in [2.75, 3.05) is 12.4 Å². The molecular weight excluding hydrogens is 366 g/mol. The number of hydrogen-bond acceptors (Lipinski definition) is 6. The van der Waals surface area contributed by atoms with Crippen LogP contribution in [0.5, 0.6) is 5.75 Å². The first kappa shape index (κ1) is 19.2. The summed E-state index contributed by atoms with van der Waals surface area (Å²) in [5, 5.41) is 3.14. The molecule has 0 saturated heterocycles. The maximum Gasteiger partial charge on any atom is 0.329 e. The van der Waals surface area contributed by atoms with E-state index in [1.165, 1.54) is 6.07 Å². The highest BCUT2D eigenvalue weighted by Crippen LogP contribution is 2.17. The highest BCUT2D eigenvalue weighted by Gasteiger charge is 2.22. The monoisotopic (exact) mass is 383 g/mol. The van der Waals surface area contributed by atoms with Crippen LogP contribution in [0.2, 0.25) is 5.02 Å². The number of carbonyl (C=O) groups excluding carboxylic acids is 2. The van der Waals surface area contributed by atoms with E-state index in [9.17, 15) is 9.59 Å². The fraction of sp³-hybridized carbons (Fsp3) is 0.294. The van der Waals surface area contributed by atoms with Crippen LogP contribution in [0.4, 0.5) is 0 Å². The Hall–Kier alpha value is -2.12. The Morgan fingerprint density at radius 2 is 1.96 bits per heavy atom. The molecule has 0 bridgehead atoms. The van der Waals surface area contributed by atoms with E-state index in [1.54, 1.807) is 37.3 Å². The Balaban J connectivity index is 1.91. The van der Waals surface area contributed by atoms with Crippen molar-refractivity contribution in [1.82, 2.24) is 5.32 Å². The molecule has 0 aliphatic rings. The summed E-state index contributed by atoms with van der Waals surface area (Å²) in [6.45, 7) is 2.07. The molecule has 1 heterocycles. The third-order valence-corrected chi connectivity index (χ3v) is 3.76. The van der Waals surface area contributed by atoms with Crippen molar-refractivity contribution < 1.29 is 23.5 Å². The number of carbonyl (C=O) groups is 2. The average molecular weight is 384 g/mol. The molecule has 0 radical (unpaired) electrons. The fourth-order valence-electron chi connectivity index (χ4n) is 1.91. The van der Waals surface area contributed by atoms with Gasteiger partial charge in [-0.25, -0.2) is 4.79 Å². The molecule has 8 heteroatoms. The number of thiol groups is 1. The largest absolute Gasteiger partial charge is 0.486 e. The van der Waals surface area contributed by atoms with Crippen molar-refractivity contribution in [3.63, 3.8) is 0 Å². The second-order valence-electron chi connectivity index (χ2n) is 4.97. The maximum atomic E-state index is 12.1. The smallest absolute Gasteiger partial charge is 0.329 e. The standard InChI is InChI=1S/C17H18ClNO5S/c1-2-22-17(21)14(10-25)19-16(20)15-8-7-13(24-15)9-23-12-5-3-11(18)4-6-12/h3-8,14,25H,2,9-10H2,1H3,(H,19,20)/t14-/m0/s1. The van der Waals surface area contributed by atoms with Gasteiger partial charge in [-0.1, -0.05) is 11.6 Å². The number of furan rings is 1. The van der Waals surface area contributed by atoms with Gasteiger partial charge in [0, 0.05) is 10.8 Å². The van der Waals surface area contributed by atoms with Crippen molar-refractivity contribution in [2.24, 2.45) is 0 Å². The first-order valence-corrected chi connectivity index (χ1v) is 8.60. The molecule has 1 amide bonds. The van der Waals surface area contributed by atoms with Gasteiger partial charge in [0.1, 0.15) is 24.2 Å². The molecular formula is C17H18ClNO5S. The van der Waals surface area contributed by atoms with Crippen molar-refractivity contribution in [3.05, 3.63) is 52.9 Å². The van der Waals surface area contributed by atoms with Gasteiger partial charge in [0.05, 0.1) is 6.61 Å². The molecule has 0 saturated carbocycles. The molecule has 6 nitrogen and oxygen atoms in total. The van der Waals surface area contributed by atoms with Crippen molar-refractivity contribution in [2.45, 2.75) is 19.6 Å². The van der Waals surface area contributed by atoms with Crippen LogP contribution < -0.4 is 10.1 Å². The van der Waals surface area contributed by atoms with Crippen LogP contribution >= 0.6 is 24.2 Å². The number of esters is 1. The van der Waals surface area contributed by atoms with E-state index in [2.05, 4.69) is 17.9 Å².